The van der Waals surface area contributed by atoms with Gasteiger partial charge >= 0.3 is 5.97 Å². The molecule has 1 aromatic rings. The summed E-state index contributed by atoms with van der Waals surface area (Å²) in [6.45, 7) is 8.33. The van der Waals surface area contributed by atoms with Crippen LogP contribution in [0.5, 0.6) is 11.5 Å². The molecule has 3 rings (SSSR count). The van der Waals surface area contributed by atoms with Gasteiger partial charge in [-0.05, 0) is 42.9 Å². The summed E-state index contributed by atoms with van der Waals surface area (Å²) in [6.07, 6.45) is 1.91. The topological polar surface area (TPSA) is 73.9 Å². The van der Waals surface area contributed by atoms with E-state index in [-0.39, 0.29) is 11.2 Å². The highest BCUT2D eigenvalue weighted by Gasteiger charge is 2.43. The van der Waals surface area contributed by atoms with Gasteiger partial charge in [-0.15, -0.1) is 0 Å². The van der Waals surface area contributed by atoms with E-state index in [1.54, 1.807) is 20.3 Å². The van der Waals surface area contributed by atoms with Crippen LogP contribution < -0.4 is 14.8 Å². The first-order valence-electron chi connectivity index (χ1n) is 10.4. The number of allylic oxidation sites excluding steroid dienone is 3. The molecule has 6 heteroatoms. The molecule has 0 spiro atoms. The lowest BCUT2D eigenvalue weighted by Crippen LogP contribution is -2.38. The van der Waals surface area contributed by atoms with Crippen molar-refractivity contribution in [2.45, 2.75) is 52.9 Å². The van der Waals surface area contributed by atoms with Gasteiger partial charge in [0.25, 0.3) is 0 Å². The summed E-state index contributed by atoms with van der Waals surface area (Å²) in [4.78, 5) is 26.3. The number of ether oxygens (including phenoxy) is 3. The van der Waals surface area contributed by atoms with Gasteiger partial charge in [0.2, 0.25) is 0 Å². The summed E-state index contributed by atoms with van der Waals surface area (Å²) in [7, 11) is 3.15. The van der Waals surface area contributed by atoms with E-state index in [0.29, 0.717) is 35.7 Å². The second kappa shape index (κ2) is 8.54. The second-order valence-electron chi connectivity index (χ2n) is 8.68. The van der Waals surface area contributed by atoms with Gasteiger partial charge in [0.05, 0.1) is 26.4 Å². The summed E-state index contributed by atoms with van der Waals surface area (Å²) in [5.74, 6) is 0.302. The summed E-state index contributed by atoms with van der Waals surface area (Å²) in [5, 5.41) is 3.34. The van der Waals surface area contributed by atoms with Crippen molar-refractivity contribution in [3.05, 3.63) is 46.3 Å². The van der Waals surface area contributed by atoms with Crippen LogP contribution in [0.3, 0.4) is 0 Å². The van der Waals surface area contributed by atoms with Crippen LogP contribution in [0.4, 0.5) is 0 Å². The van der Waals surface area contributed by atoms with E-state index in [1.807, 2.05) is 26.0 Å². The first kappa shape index (κ1) is 21.9. The zero-order chi connectivity index (χ0) is 22.1. The van der Waals surface area contributed by atoms with Crippen molar-refractivity contribution in [3.63, 3.8) is 0 Å². The lowest BCUT2D eigenvalue weighted by atomic mass is 9.68. The van der Waals surface area contributed by atoms with Crippen LogP contribution in [0.25, 0.3) is 0 Å². The molecule has 1 aromatic carbocycles. The van der Waals surface area contributed by atoms with E-state index in [0.717, 1.165) is 29.8 Å². The third-order valence-corrected chi connectivity index (χ3v) is 5.64. The number of carbonyl (C=O) groups excluding carboxylic acids is 2. The van der Waals surface area contributed by atoms with Gasteiger partial charge in [-0.2, -0.15) is 0 Å². The summed E-state index contributed by atoms with van der Waals surface area (Å²) in [6, 6.07) is 5.53. The van der Waals surface area contributed by atoms with Gasteiger partial charge < -0.3 is 19.5 Å². The zero-order valence-electron chi connectivity index (χ0n) is 18.7. The van der Waals surface area contributed by atoms with Crippen molar-refractivity contribution >= 4 is 11.8 Å². The fourth-order valence-corrected chi connectivity index (χ4v) is 4.34. The van der Waals surface area contributed by atoms with Crippen LogP contribution in [-0.4, -0.2) is 32.6 Å². The molecule has 1 heterocycles. The number of benzene rings is 1. The fourth-order valence-electron chi connectivity index (χ4n) is 4.34. The Balaban J connectivity index is 2.17. The molecule has 0 saturated heterocycles. The van der Waals surface area contributed by atoms with Gasteiger partial charge in [0.15, 0.2) is 17.3 Å². The molecular formula is C24H31NO5. The van der Waals surface area contributed by atoms with Crippen molar-refractivity contribution in [2.24, 2.45) is 5.41 Å². The van der Waals surface area contributed by atoms with E-state index >= 15 is 0 Å². The minimum absolute atomic E-state index is 0.0572. The van der Waals surface area contributed by atoms with Gasteiger partial charge in [-0.1, -0.05) is 26.8 Å². The number of hydrogen-bond donors (Lipinski definition) is 1. The van der Waals surface area contributed by atoms with Crippen LogP contribution in [0, 0.1) is 5.41 Å². The smallest absolute Gasteiger partial charge is 0.336 e. The number of dihydropyridines is 1. The summed E-state index contributed by atoms with van der Waals surface area (Å²) >= 11 is 0. The molecule has 2 aliphatic rings. The standard InChI is InChI=1S/C24H31NO5/c1-7-10-30-23(27)20-14(2)25-16-12-24(3,4)13-17(26)22(16)21(20)15-8-9-18(28-5)19(11-15)29-6/h8-9,11,21,25H,7,10,12-13H2,1-6H3/t21-/m1/s1. The molecule has 0 bridgehead atoms. The van der Waals surface area contributed by atoms with Crippen LogP contribution >= 0.6 is 0 Å². The highest BCUT2D eigenvalue weighted by Crippen LogP contribution is 2.47. The number of hydrogen-bond acceptors (Lipinski definition) is 6. The molecule has 0 unspecified atom stereocenters. The second-order valence-corrected chi connectivity index (χ2v) is 8.68. The Morgan fingerprint density at radius 3 is 2.50 bits per heavy atom. The van der Waals surface area contributed by atoms with Crippen molar-refractivity contribution in [3.8, 4) is 11.5 Å². The highest BCUT2D eigenvalue weighted by atomic mass is 16.5. The van der Waals surface area contributed by atoms with Crippen LogP contribution in [0.2, 0.25) is 0 Å². The molecule has 0 radical (unpaired) electrons. The molecule has 1 aliphatic carbocycles. The highest BCUT2D eigenvalue weighted by molar-refractivity contribution is 6.04. The lowest BCUT2D eigenvalue weighted by Gasteiger charge is -2.39. The number of carbonyl (C=O) groups is 2. The summed E-state index contributed by atoms with van der Waals surface area (Å²) < 4.78 is 16.3. The lowest BCUT2D eigenvalue weighted by molar-refractivity contribution is -0.139. The average molecular weight is 414 g/mol. The van der Waals surface area contributed by atoms with Crippen LogP contribution in [-0.2, 0) is 14.3 Å². The number of ketones is 1. The monoisotopic (exact) mass is 413 g/mol. The number of esters is 1. The fraction of sp³-hybridized carbons (Fsp3) is 0.500. The van der Waals surface area contributed by atoms with Crippen LogP contribution in [0.15, 0.2) is 40.7 Å². The molecule has 0 saturated carbocycles. The van der Waals surface area contributed by atoms with Gasteiger partial charge in [-0.25, -0.2) is 4.79 Å². The van der Waals surface area contributed by atoms with E-state index in [2.05, 4.69) is 19.2 Å². The maximum atomic E-state index is 13.3. The van der Waals surface area contributed by atoms with E-state index in [4.69, 9.17) is 14.2 Å². The molecule has 0 amide bonds. The molecule has 6 nitrogen and oxygen atoms in total. The normalized spacial score (nSPS) is 20.5. The number of methoxy groups -OCH3 is 2. The number of rotatable bonds is 6. The Kier molecular flexibility index (Phi) is 6.25. The first-order valence-corrected chi connectivity index (χ1v) is 10.4. The number of Topliss-reactive ketones (excluding diaryl/α,β-unsaturated/α-hetero) is 1. The van der Waals surface area contributed by atoms with E-state index < -0.39 is 11.9 Å². The van der Waals surface area contributed by atoms with Gasteiger partial charge in [0.1, 0.15) is 0 Å². The van der Waals surface area contributed by atoms with Gasteiger partial charge in [-0.3, -0.25) is 4.79 Å². The molecule has 1 N–H and O–H groups in total. The Bertz CT molecular complexity index is 926. The molecule has 0 aromatic heterocycles. The van der Waals surface area contributed by atoms with Gasteiger partial charge in [0, 0.05) is 29.3 Å². The summed E-state index contributed by atoms with van der Waals surface area (Å²) in [5.41, 5.74) is 3.40. The SMILES string of the molecule is CCCOC(=O)C1=C(C)NC2=C(C(=O)CC(C)(C)C2)[C@@H]1c1ccc(OC)c(OC)c1. The largest absolute Gasteiger partial charge is 0.493 e. The molecule has 1 atom stereocenters. The molecule has 162 valence electrons. The first-order chi connectivity index (χ1) is 14.2. The molecular weight excluding hydrogens is 382 g/mol. The Hall–Kier alpha value is -2.76. The number of nitrogens with one attached hydrogen (secondary N) is 1. The Morgan fingerprint density at radius 2 is 1.87 bits per heavy atom. The van der Waals surface area contributed by atoms with E-state index in [1.165, 1.54) is 0 Å². The molecule has 1 aliphatic heterocycles. The predicted octanol–water partition coefficient (Wildman–Crippen LogP) is 4.26. The van der Waals surface area contributed by atoms with Crippen molar-refractivity contribution in [1.82, 2.24) is 5.32 Å². The minimum Gasteiger partial charge on any atom is -0.493 e. The predicted molar refractivity (Wildman–Crippen MR) is 114 cm³/mol. The third kappa shape index (κ3) is 4.09. The average Bonchev–Trinajstić information content (AvgIpc) is 2.69. The van der Waals surface area contributed by atoms with Crippen molar-refractivity contribution in [1.29, 1.82) is 0 Å². The zero-order valence-corrected chi connectivity index (χ0v) is 18.7. The van der Waals surface area contributed by atoms with Crippen LogP contribution in [0.1, 0.15) is 58.4 Å². The minimum atomic E-state index is -0.506. The third-order valence-electron chi connectivity index (χ3n) is 5.64. The van der Waals surface area contributed by atoms with E-state index in [9.17, 15) is 9.59 Å². The maximum absolute atomic E-state index is 13.3. The molecule has 30 heavy (non-hydrogen) atoms. The Labute approximate surface area is 178 Å². The quantitative estimate of drug-likeness (QED) is 0.703. The maximum Gasteiger partial charge on any atom is 0.336 e. The van der Waals surface area contributed by atoms with Crippen molar-refractivity contribution in [2.75, 3.05) is 20.8 Å². The molecule has 0 fully saturated rings. The van der Waals surface area contributed by atoms with Crippen molar-refractivity contribution < 1.29 is 23.8 Å². The Morgan fingerprint density at radius 1 is 1.17 bits per heavy atom.